The van der Waals surface area contributed by atoms with E-state index < -0.39 is 6.10 Å². The summed E-state index contributed by atoms with van der Waals surface area (Å²) in [5, 5.41) is 11.7. The molecule has 1 N–H and O–H groups in total. The van der Waals surface area contributed by atoms with Crippen LogP contribution in [0.25, 0.3) is 0 Å². The maximum Gasteiger partial charge on any atom is 0.253 e. The van der Waals surface area contributed by atoms with Gasteiger partial charge in [0.2, 0.25) is 0 Å². The molecule has 0 heterocycles. The topological polar surface area (TPSA) is 62.1 Å². The highest BCUT2D eigenvalue weighted by molar-refractivity contribution is 5.95. The number of anilines is 1. The molecule has 1 aromatic carbocycles. The zero-order valence-corrected chi connectivity index (χ0v) is 11.1. The van der Waals surface area contributed by atoms with Crippen molar-refractivity contribution in [2.45, 2.75) is 32.3 Å². The molecule has 4 nitrogen and oxygen atoms in total. The second-order valence-electron chi connectivity index (χ2n) is 4.89. The lowest BCUT2D eigenvalue weighted by molar-refractivity contribution is -0.126. The SMILES string of the molecule is CC(OCCC1CC1)C(=O)Nc1ccccc1C#N. The summed E-state index contributed by atoms with van der Waals surface area (Å²) in [7, 11) is 0. The summed E-state index contributed by atoms with van der Waals surface area (Å²) < 4.78 is 5.51. The fourth-order valence-electron chi connectivity index (χ4n) is 1.82. The summed E-state index contributed by atoms with van der Waals surface area (Å²) in [6.45, 7) is 2.36. The first-order valence-electron chi connectivity index (χ1n) is 6.62. The summed E-state index contributed by atoms with van der Waals surface area (Å²) in [6.07, 6.45) is 3.12. The van der Waals surface area contributed by atoms with Crippen LogP contribution in [0.1, 0.15) is 31.7 Å². The van der Waals surface area contributed by atoms with Crippen LogP contribution in [0.4, 0.5) is 5.69 Å². The quantitative estimate of drug-likeness (QED) is 0.853. The van der Waals surface area contributed by atoms with Gasteiger partial charge in [-0.05, 0) is 31.4 Å². The van der Waals surface area contributed by atoms with Crippen LogP contribution in [0.5, 0.6) is 0 Å². The third kappa shape index (κ3) is 4.08. The largest absolute Gasteiger partial charge is 0.369 e. The molecule has 0 spiro atoms. The molecular weight excluding hydrogens is 240 g/mol. The Morgan fingerprint density at radius 1 is 1.53 bits per heavy atom. The van der Waals surface area contributed by atoms with Gasteiger partial charge in [-0.3, -0.25) is 4.79 Å². The van der Waals surface area contributed by atoms with Gasteiger partial charge in [0.1, 0.15) is 12.2 Å². The maximum absolute atomic E-state index is 11.9. The van der Waals surface area contributed by atoms with E-state index in [-0.39, 0.29) is 5.91 Å². The zero-order valence-electron chi connectivity index (χ0n) is 11.1. The lowest BCUT2D eigenvalue weighted by atomic mass is 10.2. The number of nitrogens with one attached hydrogen (secondary N) is 1. The summed E-state index contributed by atoms with van der Waals surface area (Å²) in [4.78, 5) is 11.9. The van der Waals surface area contributed by atoms with Gasteiger partial charge in [0.05, 0.1) is 11.3 Å². The summed E-state index contributed by atoms with van der Waals surface area (Å²) in [5.41, 5.74) is 0.994. The van der Waals surface area contributed by atoms with Gasteiger partial charge in [-0.15, -0.1) is 0 Å². The van der Waals surface area contributed by atoms with Gasteiger partial charge in [-0.25, -0.2) is 0 Å². The van der Waals surface area contributed by atoms with E-state index >= 15 is 0 Å². The Hall–Kier alpha value is -1.86. The summed E-state index contributed by atoms with van der Waals surface area (Å²) in [6, 6.07) is 9.00. The number of rotatable bonds is 6. The lowest BCUT2D eigenvalue weighted by Gasteiger charge is -2.13. The van der Waals surface area contributed by atoms with Crippen LogP contribution in [0.2, 0.25) is 0 Å². The highest BCUT2D eigenvalue weighted by atomic mass is 16.5. The molecule has 1 aliphatic carbocycles. The van der Waals surface area contributed by atoms with Crippen molar-refractivity contribution in [2.75, 3.05) is 11.9 Å². The van der Waals surface area contributed by atoms with E-state index in [1.807, 2.05) is 0 Å². The second kappa shape index (κ2) is 6.35. The number of ether oxygens (including phenoxy) is 1. The van der Waals surface area contributed by atoms with Gasteiger partial charge in [0.25, 0.3) is 5.91 Å². The molecule has 4 heteroatoms. The first-order valence-corrected chi connectivity index (χ1v) is 6.62. The van der Waals surface area contributed by atoms with Crippen molar-refractivity contribution in [2.24, 2.45) is 5.92 Å². The smallest absolute Gasteiger partial charge is 0.253 e. The van der Waals surface area contributed by atoms with Gasteiger partial charge < -0.3 is 10.1 Å². The van der Waals surface area contributed by atoms with Crippen molar-refractivity contribution >= 4 is 11.6 Å². The Labute approximate surface area is 113 Å². The predicted molar refractivity (Wildman–Crippen MR) is 72.5 cm³/mol. The van der Waals surface area contributed by atoms with E-state index in [0.29, 0.717) is 17.9 Å². The van der Waals surface area contributed by atoms with Crippen LogP contribution in [-0.4, -0.2) is 18.6 Å². The highest BCUT2D eigenvalue weighted by Crippen LogP contribution is 2.32. The van der Waals surface area contributed by atoms with E-state index in [0.717, 1.165) is 12.3 Å². The molecule has 100 valence electrons. The van der Waals surface area contributed by atoms with E-state index in [9.17, 15) is 4.79 Å². The van der Waals surface area contributed by atoms with E-state index in [1.54, 1.807) is 31.2 Å². The van der Waals surface area contributed by atoms with Gasteiger partial charge in [0.15, 0.2) is 0 Å². The van der Waals surface area contributed by atoms with Crippen LogP contribution in [0.3, 0.4) is 0 Å². The van der Waals surface area contributed by atoms with E-state index in [1.165, 1.54) is 12.8 Å². The highest BCUT2D eigenvalue weighted by Gasteiger charge is 2.22. The Morgan fingerprint density at radius 3 is 2.95 bits per heavy atom. The number of amides is 1. The van der Waals surface area contributed by atoms with Crippen LogP contribution >= 0.6 is 0 Å². The number of benzene rings is 1. The van der Waals surface area contributed by atoms with Crippen molar-refractivity contribution in [1.82, 2.24) is 0 Å². The van der Waals surface area contributed by atoms with Crippen LogP contribution < -0.4 is 5.32 Å². The predicted octanol–water partition coefficient (Wildman–Crippen LogP) is 2.70. The molecule has 0 radical (unpaired) electrons. The van der Waals surface area contributed by atoms with Crippen LogP contribution in [0.15, 0.2) is 24.3 Å². The van der Waals surface area contributed by atoms with Crippen molar-refractivity contribution in [3.8, 4) is 6.07 Å². The molecule has 1 unspecified atom stereocenters. The second-order valence-corrected chi connectivity index (χ2v) is 4.89. The number of para-hydroxylation sites is 1. The molecule has 1 aliphatic rings. The van der Waals surface area contributed by atoms with Gasteiger partial charge in [0, 0.05) is 6.61 Å². The fraction of sp³-hybridized carbons (Fsp3) is 0.467. The standard InChI is InChI=1S/C15H18N2O2/c1-11(19-9-8-12-6-7-12)15(18)17-14-5-3-2-4-13(14)10-16/h2-5,11-12H,6-9H2,1H3,(H,17,18). The Bertz CT molecular complexity index is 489. The minimum Gasteiger partial charge on any atom is -0.369 e. The molecule has 2 rings (SSSR count). The van der Waals surface area contributed by atoms with Crippen molar-refractivity contribution in [1.29, 1.82) is 5.26 Å². The number of nitrogens with zero attached hydrogens (tertiary/aromatic N) is 1. The molecule has 1 saturated carbocycles. The fourth-order valence-corrected chi connectivity index (χ4v) is 1.82. The molecule has 1 amide bonds. The van der Waals surface area contributed by atoms with Crippen LogP contribution in [-0.2, 0) is 9.53 Å². The first-order chi connectivity index (χ1) is 9.20. The molecule has 0 aliphatic heterocycles. The van der Waals surface area contributed by atoms with Crippen molar-refractivity contribution in [3.63, 3.8) is 0 Å². The Balaban J connectivity index is 1.83. The molecule has 0 saturated heterocycles. The average molecular weight is 258 g/mol. The van der Waals surface area contributed by atoms with E-state index in [4.69, 9.17) is 10.00 Å². The minimum absolute atomic E-state index is 0.210. The average Bonchev–Trinajstić information content (AvgIpc) is 3.23. The maximum atomic E-state index is 11.9. The normalized spacial score (nSPS) is 15.6. The molecule has 0 bridgehead atoms. The first kappa shape index (κ1) is 13.6. The van der Waals surface area contributed by atoms with E-state index in [2.05, 4.69) is 11.4 Å². The third-order valence-electron chi connectivity index (χ3n) is 3.27. The molecule has 19 heavy (non-hydrogen) atoms. The number of hydrogen-bond acceptors (Lipinski definition) is 3. The van der Waals surface area contributed by atoms with Gasteiger partial charge in [-0.2, -0.15) is 5.26 Å². The monoisotopic (exact) mass is 258 g/mol. The molecule has 0 aromatic heterocycles. The molecule has 1 fully saturated rings. The number of carbonyl (C=O) groups is 1. The van der Waals surface area contributed by atoms with Crippen molar-refractivity contribution < 1.29 is 9.53 Å². The molecule has 1 atom stereocenters. The Morgan fingerprint density at radius 2 is 2.26 bits per heavy atom. The number of carbonyl (C=O) groups excluding carboxylic acids is 1. The van der Waals surface area contributed by atoms with Gasteiger partial charge >= 0.3 is 0 Å². The number of hydrogen-bond donors (Lipinski definition) is 1. The number of nitriles is 1. The van der Waals surface area contributed by atoms with Crippen molar-refractivity contribution in [3.05, 3.63) is 29.8 Å². The summed E-state index contributed by atoms with van der Waals surface area (Å²) >= 11 is 0. The summed E-state index contributed by atoms with van der Waals surface area (Å²) in [5.74, 6) is 0.591. The molecule has 1 aromatic rings. The van der Waals surface area contributed by atoms with Gasteiger partial charge in [-0.1, -0.05) is 25.0 Å². The Kier molecular flexibility index (Phi) is 4.53. The minimum atomic E-state index is -0.495. The van der Waals surface area contributed by atoms with Crippen LogP contribution in [0, 0.1) is 17.2 Å². The third-order valence-corrected chi connectivity index (χ3v) is 3.27. The zero-order chi connectivity index (χ0) is 13.7. The molecular formula is C15H18N2O2. The lowest BCUT2D eigenvalue weighted by Crippen LogP contribution is -2.28.